The summed E-state index contributed by atoms with van der Waals surface area (Å²) < 4.78 is 17.1. The first-order valence-electron chi connectivity index (χ1n) is 10.1. The highest BCUT2D eigenvalue weighted by Crippen LogP contribution is 2.30. The van der Waals surface area contributed by atoms with Crippen LogP contribution in [0.1, 0.15) is 28.4 Å². The number of rotatable bonds is 10. The van der Waals surface area contributed by atoms with Crippen molar-refractivity contribution in [2.24, 2.45) is 5.73 Å². The Morgan fingerprint density at radius 2 is 1.43 bits per heavy atom. The molecule has 0 saturated carbocycles. The number of carbonyl (C=O) groups excluding carboxylic acids is 1. The van der Waals surface area contributed by atoms with Gasteiger partial charge in [-0.3, -0.25) is 0 Å². The third-order valence-electron chi connectivity index (χ3n) is 4.50. The fourth-order valence-electron chi connectivity index (χ4n) is 3.08. The monoisotopic (exact) mass is 405 g/mol. The van der Waals surface area contributed by atoms with Gasteiger partial charge in [-0.2, -0.15) is 0 Å². The standard InChI is InChI=1S/C25H27NO4/c1-2-28-22-14-9-15-23(29-18-21(26)16-19-10-5-3-6-11-19)24(22)25(27)30-17-20-12-7-4-8-13-20/h3-15,21H,2,16-18,26H2,1H3/t21-/m1/s1. The Morgan fingerprint density at radius 3 is 2.07 bits per heavy atom. The van der Waals surface area contributed by atoms with Crippen molar-refractivity contribution < 1.29 is 19.0 Å². The molecule has 0 unspecified atom stereocenters. The normalized spacial score (nSPS) is 11.5. The van der Waals surface area contributed by atoms with Crippen LogP contribution in [0.2, 0.25) is 0 Å². The summed E-state index contributed by atoms with van der Waals surface area (Å²) in [6, 6.07) is 24.6. The molecule has 0 bridgehead atoms. The molecule has 0 heterocycles. The highest BCUT2D eigenvalue weighted by molar-refractivity contribution is 5.95. The van der Waals surface area contributed by atoms with Crippen molar-refractivity contribution in [3.8, 4) is 11.5 Å². The Kier molecular flexibility index (Phi) is 7.86. The third-order valence-corrected chi connectivity index (χ3v) is 4.50. The molecule has 0 fully saturated rings. The molecular formula is C25H27NO4. The van der Waals surface area contributed by atoms with E-state index >= 15 is 0 Å². The topological polar surface area (TPSA) is 70.8 Å². The van der Waals surface area contributed by atoms with Gasteiger partial charge in [0, 0.05) is 6.04 Å². The van der Waals surface area contributed by atoms with Gasteiger partial charge in [0.25, 0.3) is 0 Å². The number of carbonyl (C=O) groups is 1. The lowest BCUT2D eigenvalue weighted by Gasteiger charge is -2.17. The third kappa shape index (κ3) is 6.09. The summed E-state index contributed by atoms with van der Waals surface area (Å²) in [7, 11) is 0. The summed E-state index contributed by atoms with van der Waals surface area (Å²) in [6.45, 7) is 2.73. The van der Waals surface area contributed by atoms with Crippen LogP contribution in [-0.2, 0) is 17.8 Å². The molecule has 3 aromatic rings. The Labute approximate surface area is 177 Å². The molecule has 0 aliphatic carbocycles. The zero-order valence-corrected chi connectivity index (χ0v) is 17.1. The van der Waals surface area contributed by atoms with E-state index < -0.39 is 5.97 Å². The lowest BCUT2D eigenvalue weighted by molar-refractivity contribution is 0.0463. The second-order valence-corrected chi connectivity index (χ2v) is 6.88. The lowest BCUT2D eigenvalue weighted by atomic mass is 10.1. The first-order valence-corrected chi connectivity index (χ1v) is 10.1. The van der Waals surface area contributed by atoms with Crippen molar-refractivity contribution in [2.45, 2.75) is 26.0 Å². The molecule has 0 spiro atoms. The van der Waals surface area contributed by atoms with E-state index in [1.165, 1.54) is 0 Å². The van der Waals surface area contributed by atoms with Crippen molar-refractivity contribution in [2.75, 3.05) is 13.2 Å². The Hall–Kier alpha value is -3.31. The molecule has 0 aromatic heterocycles. The number of nitrogens with two attached hydrogens (primary N) is 1. The number of esters is 1. The van der Waals surface area contributed by atoms with Gasteiger partial charge in [0.1, 0.15) is 30.3 Å². The summed E-state index contributed by atoms with van der Waals surface area (Å²) in [5.74, 6) is 0.349. The predicted octanol–water partition coefficient (Wildman–Crippen LogP) is 4.39. The second-order valence-electron chi connectivity index (χ2n) is 6.88. The maximum atomic E-state index is 12.9. The van der Waals surface area contributed by atoms with E-state index in [4.69, 9.17) is 19.9 Å². The largest absolute Gasteiger partial charge is 0.493 e. The van der Waals surface area contributed by atoms with Gasteiger partial charge in [0.15, 0.2) is 0 Å². The fraction of sp³-hybridized carbons (Fsp3) is 0.240. The van der Waals surface area contributed by atoms with Crippen molar-refractivity contribution in [1.29, 1.82) is 0 Å². The van der Waals surface area contributed by atoms with Gasteiger partial charge in [-0.15, -0.1) is 0 Å². The number of hydrogen-bond donors (Lipinski definition) is 1. The van der Waals surface area contributed by atoms with E-state index in [0.717, 1.165) is 11.1 Å². The van der Waals surface area contributed by atoms with E-state index in [1.807, 2.05) is 67.6 Å². The van der Waals surface area contributed by atoms with Gasteiger partial charge in [-0.1, -0.05) is 66.7 Å². The number of benzene rings is 3. The van der Waals surface area contributed by atoms with Crippen molar-refractivity contribution in [3.63, 3.8) is 0 Å². The minimum absolute atomic E-state index is 0.174. The minimum atomic E-state index is -0.491. The molecule has 0 aliphatic heterocycles. The highest BCUT2D eigenvalue weighted by Gasteiger charge is 2.21. The van der Waals surface area contributed by atoms with Crippen molar-refractivity contribution >= 4 is 5.97 Å². The maximum Gasteiger partial charge on any atom is 0.346 e. The number of ether oxygens (including phenoxy) is 3. The molecule has 1 atom stereocenters. The lowest BCUT2D eigenvalue weighted by Crippen LogP contribution is -2.30. The van der Waals surface area contributed by atoms with E-state index in [1.54, 1.807) is 18.2 Å². The van der Waals surface area contributed by atoms with Crippen LogP contribution in [0.5, 0.6) is 11.5 Å². The Bertz CT molecular complexity index is 928. The zero-order chi connectivity index (χ0) is 21.2. The first-order chi connectivity index (χ1) is 14.7. The van der Waals surface area contributed by atoms with Gasteiger partial charge in [-0.05, 0) is 36.6 Å². The molecule has 5 heteroatoms. The van der Waals surface area contributed by atoms with Crippen LogP contribution in [0.15, 0.2) is 78.9 Å². The van der Waals surface area contributed by atoms with Gasteiger partial charge in [-0.25, -0.2) is 4.79 Å². The van der Waals surface area contributed by atoms with E-state index in [2.05, 4.69) is 0 Å². The second kappa shape index (κ2) is 11.0. The molecule has 0 aliphatic rings. The van der Waals surface area contributed by atoms with Crippen LogP contribution in [0, 0.1) is 0 Å². The summed E-state index contributed by atoms with van der Waals surface area (Å²) in [4.78, 5) is 12.9. The first kappa shape index (κ1) is 21.4. The van der Waals surface area contributed by atoms with Gasteiger partial charge < -0.3 is 19.9 Å². The quantitative estimate of drug-likeness (QED) is 0.507. The SMILES string of the molecule is CCOc1cccc(OC[C@H](N)Cc2ccccc2)c1C(=O)OCc1ccccc1. The molecule has 156 valence electrons. The van der Waals surface area contributed by atoms with E-state index in [9.17, 15) is 4.79 Å². The smallest absolute Gasteiger partial charge is 0.346 e. The number of hydrogen-bond acceptors (Lipinski definition) is 5. The fourth-order valence-corrected chi connectivity index (χ4v) is 3.08. The Balaban J connectivity index is 1.70. The minimum Gasteiger partial charge on any atom is -0.493 e. The van der Waals surface area contributed by atoms with Gasteiger partial charge in [0.2, 0.25) is 0 Å². The van der Waals surface area contributed by atoms with Crippen LogP contribution in [0.3, 0.4) is 0 Å². The average Bonchev–Trinajstić information content (AvgIpc) is 2.78. The van der Waals surface area contributed by atoms with Crippen LogP contribution >= 0.6 is 0 Å². The highest BCUT2D eigenvalue weighted by atomic mass is 16.5. The van der Waals surface area contributed by atoms with Crippen LogP contribution in [-0.4, -0.2) is 25.2 Å². The van der Waals surface area contributed by atoms with E-state index in [0.29, 0.717) is 24.5 Å². The molecule has 0 saturated heterocycles. The molecule has 3 aromatic carbocycles. The maximum absolute atomic E-state index is 12.9. The molecule has 3 rings (SSSR count). The Morgan fingerprint density at radius 1 is 0.833 bits per heavy atom. The van der Waals surface area contributed by atoms with Crippen molar-refractivity contribution in [3.05, 3.63) is 95.6 Å². The molecular weight excluding hydrogens is 378 g/mol. The van der Waals surface area contributed by atoms with E-state index in [-0.39, 0.29) is 24.8 Å². The van der Waals surface area contributed by atoms with Crippen LogP contribution < -0.4 is 15.2 Å². The van der Waals surface area contributed by atoms with Crippen LogP contribution in [0.4, 0.5) is 0 Å². The molecule has 30 heavy (non-hydrogen) atoms. The predicted molar refractivity (Wildman–Crippen MR) is 117 cm³/mol. The van der Waals surface area contributed by atoms with Gasteiger partial charge in [0.05, 0.1) is 6.61 Å². The van der Waals surface area contributed by atoms with Crippen LogP contribution in [0.25, 0.3) is 0 Å². The summed E-state index contributed by atoms with van der Waals surface area (Å²) in [5, 5.41) is 0. The zero-order valence-electron chi connectivity index (χ0n) is 17.1. The van der Waals surface area contributed by atoms with Gasteiger partial charge >= 0.3 is 5.97 Å². The summed E-state index contributed by atoms with van der Waals surface area (Å²) >= 11 is 0. The van der Waals surface area contributed by atoms with Crippen molar-refractivity contribution in [1.82, 2.24) is 0 Å². The molecule has 5 nitrogen and oxygen atoms in total. The summed E-state index contributed by atoms with van der Waals surface area (Å²) in [6.07, 6.45) is 0.680. The molecule has 0 amide bonds. The summed E-state index contributed by atoms with van der Waals surface area (Å²) in [5.41, 5.74) is 8.57. The average molecular weight is 405 g/mol. The molecule has 0 radical (unpaired) electrons. The molecule has 2 N–H and O–H groups in total.